The molecule has 0 saturated heterocycles. The summed E-state index contributed by atoms with van der Waals surface area (Å²) in [6.07, 6.45) is -0.792. The molecule has 15 heavy (non-hydrogen) atoms. The van der Waals surface area contributed by atoms with Crippen LogP contribution in [0.1, 0.15) is 19.8 Å². The van der Waals surface area contributed by atoms with Gasteiger partial charge in [-0.1, -0.05) is 0 Å². The lowest BCUT2D eigenvalue weighted by molar-refractivity contribution is -0.146. The SMILES string of the molecule is CCOC(=O)CC(=O)C[C@@H](Cl)C(=O)O.N. The zero-order valence-corrected chi connectivity index (χ0v) is 9.12. The third-order valence-corrected chi connectivity index (χ3v) is 1.66. The maximum atomic E-state index is 11.0. The maximum Gasteiger partial charge on any atom is 0.322 e. The average Bonchev–Trinajstić information content (AvgIpc) is 2.03. The Balaban J connectivity index is 0. The molecule has 0 aliphatic carbocycles. The second-order valence-corrected chi connectivity index (χ2v) is 3.06. The summed E-state index contributed by atoms with van der Waals surface area (Å²) in [5.74, 6) is -2.47. The number of alkyl halides is 1. The first-order chi connectivity index (χ1) is 6.47. The maximum absolute atomic E-state index is 11.0. The first-order valence-electron chi connectivity index (χ1n) is 4.01. The van der Waals surface area contributed by atoms with Crippen molar-refractivity contribution in [3.63, 3.8) is 0 Å². The van der Waals surface area contributed by atoms with E-state index in [0.717, 1.165) is 0 Å². The molecule has 0 aromatic rings. The molecule has 6 nitrogen and oxygen atoms in total. The Morgan fingerprint density at radius 2 is 1.93 bits per heavy atom. The fraction of sp³-hybridized carbons (Fsp3) is 0.625. The number of ether oxygens (including phenoxy) is 1. The van der Waals surface area contributed by atoms with Gasteiger partial charge in [-0.3, -0.25) is 14.4 Å². The molecular weight excluding hydrogens is 226 g/mol. The van der Waals surface area contributed by atoms with E-state index in [0.29, 0.717) is 0 Å². The molecule has 0 aliphatic rings. The van der Waals surface area contributed by atoms with Crippen molar-refractivity contribution in [3.05, 3.63) is 0 Å². The summed E-state index contributed by atoms with van der Waals surface area (Å²) in [6, 6.07) is 0. The van der Waals surface area contributed by atoms with Crippen LogP contribution >= 0.6 is 11.6 Å². The molecule has 1 atom stereocenters. The molecule has 0 amide bonds. The Bertz CT molecular complexity index is 243. The molecule has 0 rings (SSSR count). The predicted octanol–water partition coefficient (Wildman–Crippen LogP) is 0.753. The van der Waals surface area contributed by atoms with E-state index >= 15 is 0 Å². The van der Waals surface area contributed by atoms with E-state index in [1.54, 1.807) is 6.92 Å². The van der Waals surface area contributed by atoms with Gasteiger partial charge in [0.1, 0.15) is 17.6 Å². The van der Waals surface area contributed by atoms with Crippen molar-refractivity contribution in [2.45, 2.75) is 25.1 Å². The van der Waals surface area contributed by atoms with Crippen LogP contribution in [0.15, 0.2) is 0 Å². The lowest BCUT2D eigenvalue weighted by atomic mass is 10.1. The minimum atomic E-state index is -1.28. The van der Waals surface area contributed by atoms with Gasteiger partial charge in [-0.05, 0) is 6.92 Å². The molecule has 7 heteroatoms. The first kappa shape index (κ1) is 16.3. The standard InChI is InChI=1S/C8H11ClO5.H3N/c1-2-14-7(11)4-5(10)3-6(9)8(12)13;/h6H,2-4H2,1H3,(H,12,13);1H3/t6-;/m1./s1. The first-order valence-corrected chi connectivity index (χ1v) is 4.45. The lowest BCUT2D eigenvalue weighted by Crippen LogP contribution is -2.20. The largest absolute Gasteiger partial charge is 0.480 e. The van der Waals surface area contributed by atoms with Crippen LogP contribution in [0, 0.1) is 0 Å². The number of hydrogen-bond acceptors (Lipinski definition) is 5. The van der Waals surface area contributed by atoms with Gasteiger partial charge in [-0.2, -0.15) is 0 Å². The van der Waals surface area contributed by atoms with Crippen molar-refractivity contribution in [1.29, 1.82) is 0 Å². The van der Waals surface area contributed by atoms with Crippen LogP contribution in [-0.4, -0.2) is 34.8 Å². The normalized spacial score (nSPS) is 11.1. The van der Waals surface area contributed by atoms with Crippen LogP contribution < -0.4 is 6.15 Å². The van der Waals surface area contributed by atoms with Gasteiger partial charge in [-0.15, -0.1) is 11.6 Å². The van der Waals surface area contributed by atoms with Crippen LogP contribution in [0.5, 0.6) is 0 Å². The van der Waals surface area contributed by atoms with E-state index in [4.69, 9.17) is 16.7 Å². The third kappa shape index (κ3) is 7.90. The molecule has 0 heterocycles. The molecule has 0 spiro atoms. The molecule has 0 aliphatic heterocycles. The molecule has 0 saturated carbocycles. The van der Waals surface area contributed by atoms with Crippen molar-refractivity contribution in [2.24, 2.45) is 0 Å². The van der Waals surface area contributed by atoms with Crippen molar-refractivity contribution in [3.8, 4) is 0 Å². The van der Waals surface area contributed by atoms with E-state index in [1.165, 1.54) is 0 Å². The van der Waals surface area contributed by atoms with Crippen molar-refractivity contribution < 1.29 is 24.2 Å². The molecule has 4 N–H and O–H groups in total. The molecule has 0 aromatic carbocycles. The number of halogens is 1. The molecule has 0 bridgehead atoms. The number of ketones is 1. The fourth-order valence-electron chi connectivity index (χ4n) is 0.732. The fourth-order valence-corrected chi connectivity index (χ4v) is 0.904. The number of aliphatic carboxylic acids is 1. The van der Waals surface area contributed by atoms with Gasteiger partial charge in [0, 0.05) is 6.42 Å². The van der Waals surface area contributed by atoms with Gasteiger partial charge >= 0.3 is 11.9 Å². The van der Waals surface area contributed by atoms with E-state index in [1.807, 2.05) is 0 Å². The van der Waals surface area contributed by atoms with Crippen LogP contribution in [0.3, 0.4) is 0 Å². The highest BCUT2D eigenvalue weighted by atomic mass is 35.5. The second kappa shape index (κ2) is 8.19. The van der Waals surface area contributed by atoms with E-state index in [2.05, 4.69) is 4.74 Å². The van der Waals surface area contributed by atoms with Crippen molar-refractivity contribution in [1.82, 2.24) is 6.15 Å². The zero-order valence-electron chi connectivity index (χ0n) is 8.36. The molecule has 0 fully saturated rings. The smallest absolute Gasteiger partial charge is 0.322 e. The van der Waals surface area contributed by atoms with Gasteiger partial charge in [0.05, 0.1) is 6.61 Å². The van der Waals surface area contributed by atoms with Gasteiger partial charge < -0.3 is 16.0 Å². The number of esters is 1. The number of hydrogen-bond donors (Lipinski definition) is 2. The number of carboxylic acid groups (broad SMARTS) is 1. The summed E-state index contributed by atoms with van der Waals surface area (Å²) >= 11 is 5.30. The monoisotopic (exact) mass is 239 g/mol. The summed E-state index contributed by atoms with van der Waals surface area (Å²) in [4.78, 5) is 32.0. The topological polar surface area (TPSA) is 116 Å². The number of rotatable bonds is 6. The number of carboxylic acids is 1. The number of Topliss-reactive ketones (excluding diaryl/α,β-unsaturated/α-hetero) is 1. The Hall–Kier alpha value is -1.14. The van der Waals surface area contributed by atoms with Gasteiger partial charge in [-0.25, -0.2) is 0 Å². The van der Waals surface area contributed by atoms with Crippen molar-refractivity contribution in [2.75, 3.05) is 6.61 Å². The van der Waals surface area contributed by atoms with Crippen molar-refractivity contribution >= 4 is 29.3 Å². The van der Waals surface area contributed by atoms with Gasteiger partial charge in [0.15, 0.2) is 0 Å². The lowest BCUT2D eigenvalue weighted by Gasteiger charge is -2.03. The van der Waals surface area contributed by atoms with Crippen LogP contribution in [-0.2, 0) is 19.1 Å². The minimum absolute atomic E-state index is 0. The Morgan fingerprint density at radius 3 is 2.33 bits per heavy atom. The molecular formula is C8H14ClNO5. The number of carbonyl (C=O) groups excluding carboxylic acids is 2. The Kier molecular flexibility index (Phi) is 8.90. The summed E-state index contributed by atoms with van der Waals surface area (Å²) in [5.41, 5.74) is 0. The number of carbonyl (C=O) groups is 3. The summed E-state index contributed by atoms with van der Waals surface area (Å²) < 4.78 is 4.50. The quantitative estimate of drug-likeness (QED) is 0.401. The highest BCUT2D eigenvalue weighted by Crippen LogP contribution is 2.05. The van der Waals surface area contributed by atoms with Gasteiger partial charge in [0.2, 0.25) is 0 Å². The van der Waals surface area contributed by atoms with Crippen LogP contribution in [0.4, 0.5) is 0 Å². The predicted molar refractivity (Wildman–Crippen MR) is 53.2 cm³/mol. The second-order valence-electron chi connectivity index (χ2n) is 2.53. The molecule has 88 valence electrons. The van der Waals surface area contributed by atoms with E-state index in [-0.39, 0.29) is 19.2 Å². The zero-order chi connectivity index (χ0) is 11.1. The highest BCUT2D eigenvalue weighted by Gasteiger charge is 2.20. The van der Waals surface area contributed by atoms with Gasteiger partial charge in [0.25, 0.3) is 0 Å². The highest BCUT2D eigenvalue weighted by molar-refractivity contribution is 6.30. The van der Waals surface area contributed by atoms with E-state index < -0.39 is 29.5 Å². The summed E-state index contributed by atoms with van der Waals surface area (Å²) in [5, 5.41) is 7.09. The van der Waals surface area contributed by atoms with Crippen LogP contribution in [0.2, 0.25) is 0 Å². The Morgan fingerprint density at radius 1 is 1.40 bits per heavy atom. The van der Waals surface area contributed by atoms with E-state index in [9.17, 15) is 14.4 Å². The average molecular weight is 240 g/mol. The Labute approximate surface area is 92.1 Å². The summed E-state index contributed by atoms with van der Waals surface area (Å²) in [6.45, 7) is 1.80. The summed E-state index contributed by atoms with van der Waals surface area (Å²) in [7, 11) is 0. The van der Waals surface area contributed by atoms with Crippen LogP contribution in [0.25, 0.3) is 0 Å². The molecule has 0 radical (unpaired) electrons. The minimum Gasteiger partial charge on any atom is -0.480 e. The molecule has 0 unspecified atom stereocenters. The third-order valence-electron chi connectivity index (χ3n) is 1.32. The molecule has 0 aromatic heterocycles.